The number of hydrogen-bond donors (Lipinski definition) is 0. The third-order valence-corrected chi connectivity index (χ3v) is 4.00. The fourth-order valence-corrected chi connectivity index (χ4v) is 2.57. The highest BCUT2D eigenvalue weighted by Gasteiger charge is 2.12. The van der Waals surface area contributed by atoms with Gasteiger partial charge in [0, 0.05) is 19.6 Å². The largest absolute Gasteiger partial charge is 0.466 e. The molecule has 0 radical (unpaired) electrons. The molecule has 1 rings (SSSR count). The Labute approximate surface area is 130 Å². The summed E-state index contributed by atoms with van der Waals surface area (Å²) in [7, 11) is 0. The predicted molar refractivity (Wildman–Crippen MR) is 85.4 cm³/mol. The van der Waals surface area contributed by atoms with Crippen molar-refractivity contribution < 1.29 is 14.3 Å². The van der Waals surface area contributed by atoms with Crippen molar-refractivity contribution in [3.05, 3.63) is 0 Å². The maximum Gasteiger partial charge on any atom is 0.307 e. The first-order valence-electron chi connectivity index (χ1n) is 8.78. The minimum absolute atomic E-state index is 0.0514. The number of carbonyl (C=O) groups excluding carboxylic acids is 1. The Morgan fingerprint density at radius 3 is 2.29 bits per heavy atom. The molecule has 0 aromatic rings. The van der Waals surface area contributed by atoms with Crippen LogP contribution in [-0.4, -0.2) is 50.3 Å². The van der Waals surface area contributed by atoms with E-state index in [1.54, 1.807) is 0 Å². The fraction of sp³-hybridized carbons (Fsp3) is 0.941. The molecule has 0 aromatic heterocycles. The number of esters is 1. The lowest BCUT2D eigenvalue weighted by molar-refractivity contribution is -0.144. The highest BCUT2D eigenvalue weighted by Crippen LogP contribution is 2.08. The first kappa shape index (κ1) is 18.4. The molecule has 0 bridgehead atoms. The summed E-state index contributed by atoms with van der Waals surface area (Å²) in [6, 6.07) is 0. The molecule has 1 aliphatic heterocycles. The summed E-state index contributed by atoms with van der Waals surface area (Å²) in [5, 5.41) is 0. The summed E-state index contributed by atoms with van der Waals surface area (Å²) >= 11 is 0. The summed E-state index contributed by atoms with van der Waals surface area (Å²) in [5.41, 5.74) is 0. The van der Waals surface area contributed by atoms with E-state index in [0.29, 0.717) is 13.0 Å². The summed E-state index contributed by atoms with van der Waals surface area (Å²) in [6.07, 6.45) is 10.7. The number of nitrogens with zero attached hydrogens (tertiary/aromatic N) is 1. The van der Waals surface area contributed by atoms with Crippen LogP contribution in [0, 0.1) is 0 Å². The van der Waals surface area contributed by atoms with Crippen molar-refractivity contribution in [1.29, 1.82) is 0 Å². The molecule has 0 saturated carbocycles. The Morgan fingerprint density at radius 2 is 1.62 bits per heavy atom. The van der Waals surface area contributed by atoms with Gasteiger partial charge in [0.25, 0.3) is 0 Å². The molecule has 1 fully saturated rings. The van der Waals surface area contributed by atoms with Gasteiger partial charge in [0.2, 0.25) is 0 Å². The van der Waals surface area contributed by atoms with Crippen LogP contribution in [-0.2, 0) is 14.3 Å². The van der Waals surface area contributed by atoms with E-state index in [0.717, 1.165) is 39.3 Å². The number of hydrogen-bond acceptors (Lipinski definition) is 4. The van der Waals surface area contributed by atoms with Gasteiger partial charge < -0.3 is 9.47 Å². The Morgan fingerprint density at radius 1 is 1.00 bits per heavy atom. The van der Waals surface area contributed by atoms with Crippen LogP contribution in [0.25, 0.3) is 0 Å². The van der Waals surface area contributed by atoms with E-state index in [-0.39, 0.29) is 5.97 Å². The third kappa shape index (κ3) is 10.7. The molecule has 124 valence electrons. The van der Waals surface area contributed by atoms with Crippen molar-refractivity contribution in [2.45, 2.75) is 64.7 Å². The second kappa shape index (κ2) is 13.1. The van der Waals surface area contributed by atoms with E-state index in [1.165, 1.54) is 44.9 Å². The molecule has 1 heterocycles. The second-order valence-electron chi connectivity index (χ2n) is 5.90. The second-order valence-corrected chi connectivity index (χ2v) is 5.90. The molecule has 4 heteroatoms. The zero-order valence-electron chi connectivity index (χ0n) is 13.8. The Hall–Kier alpha value is -0.610. The summed E-state index contributed by atoms with van der Waals surface area (Å²) in [5.74, 6) is -0.0514. The third-order valence-electron chi connectivity index (χ3n) is 4.00. The van der Waals surface area contributed by atoms with Crippen molar-refractivity contribution in [2.24, 2.45) is 0 Å². The molecule has 1 aliphatic rings. The molecule has 4 nitrogen and oxygen atoms in total. The van der Waals surface area contributed by atoms with Crippen LogP contribution >= 0.6 is 0 Å². The zero-order chi connectivity index (χ0) is 15.2. The van der Waals surface area contributed by atoms with Crippen LogP contribution in [0.1, 0.15) is 64.7 Å². The monoisotopic (exact) mass is 299 g/mol. The number of rotatable bonds is 12. The van der Waals surface area contributed by atoms with E-state index < -0.39 is 0 Å². The van der Waals surface area contributed by atoms with Gasteiger partial charge in [-0.1, -0.05) is 51.9 Å². The molecule has 0 aromatic carbocycles. The van der Waals surface area contributed by atoms with Gasteiger partial charge in [-0.2, -0.15) is 0 Å². The van der Waals surface area contributed by atoms with Gasteiger partial charge in [0.05, 0.1) is 26.2 Å². The lowest BCUT2D eigenvalue weighted by atomic mass is 10.1. The highest BCUT2D eigenvalue weighted by atomic mass is 16.5. The van der Waals surface area contributed by atoms with Crippen LogP contribution in [0.15, 0.2) is 0 Å². The number of carbonyl (C=O) groups is 1. The van der Waals surface area contributed by atoms with Gasteiger partial charge in [-0.3, -0.25) is 9.69 Å². The molecule has 0 unspecified atom stereocenters. The van der Waals surface area contributed by atoms with Crippen LogP contribution in [0.4, 0.5) is 0 Å². The van der Waals surface area contributed by atoms with Crippen molar-refractivity contribution in [3.63, 3.8) is 0 Å². The quantitative estimate of drug-likeness (QED) is 0.409. The molecule has 0 atom stereocenters. The average Bonchev–Trinajstić information content (AvgIpc) is 2.52. The highest BCUT2D eigenvalue weighted by molar-refractivity contribution is 5.69. The maximum absolute atomic E-state index is 11.6. The number of morpholine rings is 1. The number of unbranched alkanes of at least 4 members (excludes halogenated alkanes) is 7. The van der Waals surface area contributed by atoms with Gasteiger partial charge in [-0.15, -0.1) is 0 Å². The Kier molecular flexibility index (Phi) is 11.5. The average molecular weight is 299 g/mol. The fourth-order valence-electron chi connectivity index (χ4n) is 2.57. The molecule has 21 heavy (non-hydrogen) atoms. The smallest absolute Gasteiger partial charge is 0.307 e. The SMILES string of the molecule is CCCCCCCCCCOC(=O)CCN1CCOCC1. The Bertz CT molecular complexity index is 252. The number of ether oxygens (including phenoxy) is 2. The van der Waals surface area contributed by atoms with Crippen molar-refractivity contribution in [2.75, 3.05) is 39.5 Å². The molecule has 0 amide bonds. The van der Waals surface area contributed by atoms with Crippen LogP contribution in [0.2, 0.25) is 0 Å². The zero-order valence-corrected chi connectivity index (χ0v) is 13.8. The lowest BCUT2D eigenvalue weighted by Gasteiger charge is -2.25. The minimum Gasteiger partial charge on any atom is -0.466 e. The lowest BCUT2D eigenvalue weighted by Crippen LogP contribution is -2.37. The standard InChI is InChI=1S/C17H33NO3/c1-2-3-4-5-6-7-8-9-14-21-17(19)10-11-18-12-15-20-16-13-18/h2-16H2,1H3. The Balaban J connectivity index is 1.82. The predicted octanol–water partition coefficient (Wildman–Crippen LogP) is 3.39. The van der Waals surface area contributed by atoms with Gasteiger partial charge >= 0.3 is 5.97 Å². The van der Waals surface area contributed by atoms with Crippen LogP contribution in [0.5, 0.6) is 0 Å². The normalized spacial score (nSPS) is 16.0. The van der Waals surface area contributed by atoms with Gasteiger partial charge in [0.1, 0.15) is 0 Å². The van der Waals surface area contributed by atoms with E-state index in [4.69, 9.17) is 9.47 Å². The first-order valence-corrected chi connectivity index (χ1v) is 8.78. The first-order chi connectivity index (χ1) is 10.3. The molecular formula is C17H33NO3. The van der Waals surface area contributed by atoms with Gasteiger partial charge in [-0.25, -0.2) is 0 Å². The van der Waals surface area contributed by atoms with Crippen molar-refractivity contribution in [1.82, 2.24) is 4.90 Å². The van der Waals surface area contributed by atoms with E-state index in [2.05, 4.69) is 11.8 Å². The van der Waals surface area contributed by atoms with Crippen LogP contribution in [0.3, 0.4) is 0 Å². The van der Waals surface area contributed by atoms with Crippen LogP contribution < -0.4 is 0 Å². The summed E-state index contributed by atoms with van der Waals surface area (Å²) in [4.78, 5) is 13.9. The minimum atomic E-state index is -0.0514. The van der Waals surface area contributed by atoms with E-state index >= 15 is 0 Å². The maximum atomic E-state index is 11.6. The van der Waals surface area contributed by atoms with E-state index in [1.807, 2.05) is 0 Å². The van der Waals surface area contributed by atoms with Gasteiger partial charge in [0.15, 0.2) is 0 Å². The van der Waals surface area contributed by atoms with Crippen molar-refractivity contribution in [3.8, 4) is 0 Å². The van der Waals surface area contributed by atoms with Crippen molar-refractivity contribution >= 4 is 5.97 Å². The molecule has 0 spiro atoms. The summed E-state index contributed by atoms with van der Waals surface area (Å²) in [6.45, 7) is 7.08. The molecule has 1 saturated heterocycles. The van der Waals surface area contributed by atoms with Gasteiger partial charge in [-0.05, 0) is 6.42 Å². The molecule has 0 N–H and O–H groups in total. The molecular weight excluding hydrogens is 266 g/mol. The summed E-state index contributed by atoms with van der Waals surface area (Å²) < 4.78 is 10.6. The topological polar surface area (TPSA) is 38.8 Å². The van der Waals surface area contributed by atoms with E-state index in [9.17, 15) is 4.79 Å². The molecule has 0 aliphatic carbocycles.